The van der Waals surface area contributed by atoms with Crippen LogP contribution in [0.1, 0.15) is 23.0 Å². The van der Waals surface area contributed by atoms with Gasteiger partial charge in [-0.1, -0.05) is 0 Å². The van der Waals surface area contributed by atoms with Gasteiger partial charge in [-0.2, -0.15) is 0 Å². The van der Waals surface area contributed by atoms with Crippen molar-refractivity contribution in [2.45, 2.75) is 13.8 Å². The Bertz CT molecular complexity index is 676. The zero-order chi connectivity index (χ0) is 15.4. The summed E-state index contributed by atoms with van der Waals surface area (Å²) in [6.07, 6.45) is 0. The molecule has 1 amide bonds. The number of rotatable bonds is 4. The third-order valence-electron chi connectivity index (χ3n) is 2.75. The molecule has 0 saturated carbocycles. The minimum atomic E-state index is -0.367. The molecule has 6 heteroatoms. The van der Waals surface area contributed by atoms with Crippen LogP contribution in [0.5, 0.6) is 0 Å². The fourth-order valence-corrected chi connectivity index (χ4v) is 2.31. The molecule has 4 nitrogen and oxygen atoms in total. The Balaban J connectivity index is 2.23. The van der Waals surface area contributed by atoms with Crippen molar-refractivity contribution in [1.29, 1.82) is 0 Å². The van der Waals surface area contributed by atoms with Crippen LogP contribution in [0.4, 0.5) is 15.9 Å². The van der Waals surface area contributed by atoms with E-state index in [1.807, 2.05) is 13.8 Å². The molecule has 0 atom stereocenters. The number of aryl methyl sites for hydroxylation is 1. The Morgan fingerprint density at radius 3 is 2.76 bits per heavy atom. The van der Waals surface area contributed by atoms with E-state index in [0.29, 0.717) is 21.5 Å². The van der Waals surface area contributed by atoms with Gasteiger partial charge in [0, 0.05) is 22.3 Å². The van der Waals surface area contributed by atoms with E-state index in [1.54, 1.807) is 12.1 Å². The predicted molar refractivity (Wildman–Crippen MR) is 85.2 cm³/mol. The summed E-state index contributed by atoms with van der Waals surface area (Å²) in [5.41, 5.74) is 1.76. The molecule has 0 aliphatic rings. The lowest BCUT2D eigenvalue weighted by molar-refractivity contribution is 0.102. The van der Waals surface area contributed by atoms with E-state index in [-0.39, 0.29) is 11.7 Å². The predicted octanol–water partition coefficient (Wildman–Crippen LogP) is 3.98. The van der Waals surface area contributed by atoms with Gasteiger partial charge >= 0.3 is 0 Å². The lowest BCUT2D eigenvalue weighted by atomic mass is 10.2. The van der Waals surface area contributed by atoms with Gasteiger partial charge in [0.15, 0.2) is 0 Å². The standard InChI is InChI=1S/C15H15BrFN3O/c1-3-18-14-7-10(6-9(2)19-14)15(21)20-13-5-4-11(17)8-12(13)16/h4-8H,3H2,1-2H3,(H,18,19)(H,20,21). The number of aromatic nitrogens is 1. The van der Waals surface area contributed by atoms with Crippen LogP contribution in [0.15, 0.2) is 34.8 Å². The zero-order valence-electron chi connectivity index (χ0n) is 11.7. The van der Waals surface area contributed by atoms with Crippen molar-refractivity contribution in [3.8, 4) is 0 Å². The lowest BCUT2D eigenvalue weighted by Crippen LogP contribution is -2.14. The number of nitrogens with one attached hydrogen (secondary N) is 2. The second-order valence-electron chi connectivity index (χ2n) is 4.49. The molecular formula is C15H15BrFN3O. The van der Waals surface area contributed by atoms with Gasteiger partial charge in [0.05, 0.1) is 5.69 Å². The number of pyridine rings is 1. The molecule has 0 aliphatic carbocycles. The van der Waals surface area contributed by atoms with Gasteiger partial charge in [0.2, 0.25) is 0 Å². The van der Waals surface area contributed by atoms with Gasteiger partial charge < -0.3 is 10.6 Å². The lowest BCUT2D eigenvalue weighted by Gasteiger charge is -2.10. The van der Waals surface area contributed by atoms with Gasteiger partial charge in [-0.25, -0.2) is 9.37 Å². The molecule has 0 fully saturated rings. The van der Waals surface area contributed by atoms with Gasteiger partial charge in [-0.15, -0.1) is 0 Å². The molecule has 0 unspecified atom stereocenters. The average Bonchev–Trinajstić information content (AvgIpc) is 2.41. The number of hydrogen-bond acceptors (Lipinski definition) is 3. The smallest absolute Gasteiger partial charge is 0.255 e. The number of carbonyl (C=O) groups excluding carboxylic acids is 1. The van der Waals surface area contributed by atoms with Crippen molar-refractivity contribution in [2.75, 3.05) is 17.2 Å². The molecule has 1 heterocycles. The second-order valence-corrected chi connectivity index (χ2v) is 5.35. The number of benzene rings is 1. The first-order chi connectivity index (χ1) is 9.99. The van der Waals surface area contributed by atoms with E-state index in [2.05, 4.69) is 31.5 Å². The highest BCUT2D eigenvalue weighted by Crippen LogP contribution is 2.24. The summed E-state index contributed by atoms with van der Waals surface area (Å²) in [4.78, 5) is 16.6. The highest BCUT2D eigenvalue weighted by atomic mass is 79.9. The number of nitrogens with zero attached hydrogens (tertiary/aromatic N) is 1. The zero-order valence-corrected chi connectivity index (χ0v) is 13.3. The molecule has 1 aromatic heterocycles. The van der Waals surface area contributed by atoms with Crippen molar-refractivity contribution in [2.24, 2.45) is 0 Å². The van der Waals surface area contributed by atoms with E-state index < -0.39 is 0 Å². The van der Waals surface area contributed by atoms with Crippen LogP contribution in [-0.4, -0.2) is 17.4 Å². The van der Waals surface area contributed by atoms with E-state index in [0.717, 1.165) is 12.2 Å². The minimum Gasteiger partial charge on any atom is -0.370 e. The first-order valence-corrected chi connectivity index (χ1v) is 7.28. The Kier molecular flexibility index (Phi) is 4.90. The maximum Gasteiger partial charge on any atom is 0.255 e. The number of anilines is 2. The highest BCUT2D eigenvalue weighted by Gasteiger charge is 2.11. The van der Waals surface area contributed by atoms with E-state index in [4.69, 9.17) is 0 Å². The third-order valence-corrected chi connectivity index (χ3v) is 3.41. The van der Waals surface area contributed by atoms with Crippen LogP contribution in [0.2, 0.25) is 0 Å². The summed E-state index contributed by atoms with van der Waals surface area (Å²) in [6.45, 7) is 4.51. The molecule has 21 heavy (non-hydrogen) atoms. The molecular weight excluding hydrogens is 337 g/mol. The Labute approximate surface area is 130 Å². The SMILES string of the molecule is CCNc1cc(C(=O)Nc2ccc(F)cc2Br)cc(C)n1. The first-order valence-electron chi connectivity index (χ1n) is 6.48. The summed E-state index contributed by atoms with van der Waals surface area (Å²) < 4.78 is 13.5. The molecule has 0 saturated heterocycles. The first kappa shape index (κ1) is 15.4. The van der Waals surface area contributed by atoms with Crippen LogP contribution in [0.25, 0.3) is 0 Å². The van der Waals surface area contributed by atoms with Crippen LogP contribution in [-0.2, 0) is 0 Å². The summed E-state index contributed by atoms with van der Waals surface area (Å²) in [5.74, 6) is 0.0156. The number of halogens is 2. The Morgan fingerprint density at radius 1 is 1.33 bits per heavy atom. The molecule has 0 spiro atoms. The van der Waals surface area contributed by atoms with Gasteiger partial charge in [0.25, 0.3) is 5.91 Å². The summed E-state index contributed by atoms with van der Waals surface area (Å²) in [7, 11) is 0. The minimum absolute atomic E-state index is 0.271. The number of amides is 1. The molecule has 1 aromatic carbocycles. The topological polar surface area (TPSA) is 54.0 Å². The van der Waals surface area contributed by atoms with Crippen molar-refractivity contribution >= 4 is 33.3 Å². The van der Waals surface area contributed by atoms with Crippen LogP contribution < -0.4 is 10.6 Å². The molecule has 0 bridgehead atoms. The summed E-state index contributed by atoms with van der Waals surface area (Å²) in [5, 5.41) is 5.82. The average molecular weight is 352 g/mol. The molecule has 110 valence electrons. The van der Waals surface area contributed by atoms with Crippen LogP contribution in [0.3, 0.4) is 0 Å². The third kappa shape index (κ3) is 4.01. The van der Waals surface area contributed by atoms with Gasteiger partial charge in [-0.3, -0.25) is 4.79 Å². The highest BCUT2D eigenvalue weighted by molar-refractivity contribution is 9.10. The Hall–Kier alpha value is -1.95. The quantitative estimate of drug-likeness (QED) is 0.875. The van der Waals surface area contributed by atoms with E-state index in [1.165, 1.54) is 18.2 Å². The fourth-order valence-electron chi connectivity index (χ4n) is 1.86. The molecule has 0 aliphatic heterocycles. The summed E-state index contributed by atoms with van der Waals surface area (Å²) >= 11 is 3.22. The van der Waals surface area contributed by atoms with E-state index >= 15 is 0 Å². The fraction of sp³-hybridized carbons (Fsp3) is 0.200. The van der Waals surface area contributed by atoms with Crippen LogP contribution >= 0.6 is 15.9 Å². The van der Waals surface area contributed by atoms with Crippen molar-refractivity contribution in [3.05, 3.63) is 51.9 Å². The maximum atomic E-state index is 13.0. The Morgan fingerprint density at radius 2 is 2.10 bits per heavy atom. The normalized spacial score (nSPS) is 10.3. The van der Waals surface area contributed by atoms with E-state index in [9.17, 15) is 9.18 Å². The van der Waals surface area contributed by atoms with Gasteiger partial charge in [-0.05, 0) is 60.1 Å². The summed E-state index contributed by atoms with van der Waals surface area (Å²) in [6, 6.07) is 7.49. The molecule has 0 radical (unpaired) electrons. The maximum absolute atomic E-state index is 13.0. The molecule has 2 rings (SSSR count). The van der Waals surface area contributed by atoms with Crippen LogP contribution in [0, 0.1) is 12.7 Å². The van der Waals surface area contributed by atoms with Crippen molar-refractivity contribution < 1.29 is 9.18 Å². The number of carbonyl (C=O) groups is 1. The van der Waals surface area contributed by atoms with Crippen molar-refractivity contribution in [1.82, 2.24) is 4.98 Å². The second kappa shape index (κ2) is 6.67. The molecule has 2 aromatic rings. The van der Waals surface area contributed by atoms with Crippen molar-refractivity contribution in [3.63, 3.8) is 0 Å². The molecule has 2 N–H and O–H groups in total. The monoisotopic (exact) mass is 351 g/mol. The largest absolute Gasteiger partial charge is 0.370 e. The number of hydrogen-bond donors (Lipinski definition) is 2. The van der Waals surface area contributed by atoms with Gasteiger partial charge in [0.1, 0.15) is 11.6 Å².